The predicted octanol–water partition coefficient (Wildman–Crippen LogP) is 6.42. The first kappa shape index (κ1) is 25.9. The molecule has 1 amide bonds. The van der Waals surface area contributed by atoms with Gasteiger partial charge in [-0.1, -0.05) is 36.4 Å². The summed E-state index contributed by atoms with van der Waals surface area (Å²) < 4.78 is 1.73. The molecule has 0 aliphatic heterocycles. The summed E-state index contributed by atoms with van der Waals surface area (Å²) in [5, 5.41) is 2.78. The van der Waals surface area contributed by atoms with E-state index in [9.17, 15) is 9.59 Å². The van der Waals surface area contributed by atoms with E-state index in [1.165, 1.54) is 54.4 Å². The number of benzene rings is 2. The predicted molar refractivity (Wildman–Crippen MR) is 161 cm³/mol. The van der Waals surface area contributed by atoms with Crippen LogP contribution in [0.5, 0.6) is 0 Å². The first-order chi connectivity index (χ1) is 20.1. The van der Waals surface area contributed by atoms with Crippen molar-refractivity contribution >= 4 is 11.6 Å². The number of hydrogen-bond donors (Lipinski definition) is 2. The summed E-state index contributed by atoms with van der Waals surface area (Å²) in [4.78, 5) is 29.7. The number of nitrogens with zero attached hydrogens (tertiary/aromatic N) is 2. The van der Waals surface area contributed by atoms with Crippen LogP contribution in [-0.2, 0) is 12.8 Å². The molecule has 208 valence electrons. The third-order valence-corrected chi connectivity index (χ3v) is 9.16. The average Bonchev–Trinajstić information content (AvgIpc) is 3.94. The molecule has 2 heterocycles. The van der Waals surface area contributed by atoms with Crippen LogP contribution in [0.15, 0.2) is 84.0 Å². The van der Waals surface area contributed by atoms with Gasteiger partial charge in [0.1, 0.15) is 5.56 Å². The molecular weight excluding hydrogens is 508 g/mol. The fourth-order valence-corrected chi connectivity index (χ4v) is 6.78. The highest BCUT2D eigenvalue weighted by molar-refractivity contribution is 6.03. The number of amides is 1. The first-order valence-corrected chi connectivity index (χ1v) is 15.0. The van der Waals surface area contributed by atoms with E-state index in [1.807, 2.05) is 0 Å². The van der Waals surface area contributed by atoms with E-state index in [0.717, 1.165) is 25.2 Å². The summed E-state index contributed by atoms with van der Waals surface area (Å²) in [5.41, 5.74) is 15.3. The van der Waals surface area contributed by atoms with Crippen molar-refractivity contribution in [3.63, 3.8) is 0 Å². The first-order valence-electron chi connectivity index (χ1n) is 15.0. The fraction of sp³-hybridized carbons (Fsp3) is 0.343. The number of nitrogens with one attached hydrogen (secondary N) is 1. The number of rotatable bonds is 5. The molecule has 6 nitrogen and oxygen atoms in total. The maximum atomic E-state index is 13.1. The van der Waals surface area contributed by atoms with Crippen LogP contribution in [0.3, 0.4) is 0 Å². The molecule has 2 aromatic heterocycles. The van der Waals surface area contributed by atoms with Gasteiger partial charge in [-0.25, -0.2) is 0 Å². The van der Waals surface area contributed by atoms with Crippen molar-refractivity contribution in [2.24, 2.45) is 5.73 Å². The number of aromatic nitrogens is 2. The molecule has 0 bridgehead atoms. The molecule has 0 saturated heterocycles. The Bertz CT molecular complexity index is 1650. The smallest absolute Gasteiger partial charge is 0.263 e. The van der Waals surface area contributed by atoms with Crippen LogP contribution in [0.25, 0.3) is 0 Å². The monoisotopic (exact) mass is 544 g/mol. The van der Waals surface area contributed by atoms with Gasteiger partial charge in [-0.05, 0) is 121 Å². The summed E-state index contributed by atoms with van der Waals surface area (Å²) in [7, 11) is 0. The highest BCUT2D eigenvalue weighted by Gasteiger charge is 2.33. The number of carbonyl (C=O) groups excluding carboxylic acids is 1. The summed E-state index contributed by atoms with van der Waals surface area (Å²) in [5.74, 6) is 1.18. The SMILES string of the molecule is NC1CCc2c1cccc2C1CC1.O=C(Nc1ccncc1)c1cccn(C2CCc3c(C4CC4)cccc32)c1=O. The highest BCUT2D eigenvalue weighted by Crippen LogP contribution is 2.47. The van der Waals surface area contributed by atoms with E-state index in [-0.39, 0.29) is 17.2 Å². The van der Waals surface area contributed by atoms with Crippen molar-refractivity contribution in [3.05, 3.63) is 129 Å². The Kier molecular flexibility index (Phi) is 6.79. The Hall–Kier alpha value is -4.03. The van der Waals surface area contributed by atoms with E-state index in [4.69, 9.17) is 5.73 Å². The van der Waals surface area contributed by atoms with Gasteiger partial charge in [0.15, 0.2) is 0 Å². The molecule has 2 fully saturated rings. The number of nitrogens with two attached hydrogens (primary N) is 1. The lowest BCUT2D eigenvalue weighted by Crippen LogP contribution is -2.31. The molecule has 3 N–H and O–H groups in total. The van der Waals surface area contributed by atoms with Crippen molar-refractivity contribution < 1.29 is 4.79 Å². The molecule has 0 spiro atoms. The third-order valence-electron chi connectivity index (χ3n) is 9.16. The quantitative estimate of drug-likeness (QED) is 0.303. The molecule has 4 aliphatic rings. The van der Waals surface area contributed by atoms with Gasteiger partial charge < -0.3 is 15.6 Å². The lowest BCUT2D eigenvalue weighted by atomic mass is 9.99. The Labute approximate surface area is 240 Å². The van der Waals surface area contributed by atoms with E-state index in [2.05, 4.69) is 46.7 Å². The van der Waals surface area contributed by atoms with Crippen LogP contribution in [0.2, 0.25) is 0 Å². The lowest BCUT2D eigenvalue weighted by Gasteiger charge is -2.17. The topological polar surface area (TPSA) is 90.0 Å². The Morgan fingerprint density at radius 1 is 0.756 bits per heavy atom. The minimum absolute atomic E-state index is 0.00475. The third kappa shape index (κ3) is 5.13. The summed E-state index contributed by atoms with van der Waals surface area (Å²) >= 11 is 0. The van der Waals surface area contributed by atoms with Crippen LogP contribution >= 0.6 is 0 Å². The summed E-state index contributed by atoms with van der Waals surface area (Å²) in [6.45, 7) is 0. The molecular formula is C35H36N4O2. The van der Waals surface area contributed by atoms with Crippen LogP contribution in [-0.4, -0.2) is 15.5 Å². The second-order valence-corrected chi connectivity index (χ2v) is 11.9. The van der Waals surface area contributed by atoms with Crippen molar-refractivity contribution in [3.8, 4) is 0 Å². The highest BCUT2D eigenvalue weighted by atomic mass is 16.2. The molecule has 4 aliphatic carbocycles. The Morgan fingerprint density at radius 2 is 1.37 bits per heavy atom. The van der Waals surface area contributed by atoms with Crippen molar-refractivity contribution in [1.29, 1.82) is 0 Å². The number of carbonyl (C=O) groups is 1. The van der Waals surface area contributed by atoms with Gasteiger partial charge in [0.25, 0.3) is 11.5 Å². The maximum absolute atomic E-state index is 13.1. The summed E-state index contributed by atoms with van der Waals surface area (Å²) in [6.07, 6.45) is 14.6. The Morgan fingerprint density at radius 3 is 2.05 bits per heavy atom. The normalized spacial score (nSPS) is 20.5. The zero-order valence-corrected chi connectivity index (χ0v) is 23.3. The Balaban J connectivity index is 0.000000176. The standard InChI is InChI=1S/C23H21N3O2.C12H15N/c27-22(25-16-10-12-24-13-11-16)20-5-2-14-26(23(20)28)21-9-8-18-17(15-6-7-15)3-1-4-19(18)21;13-12-7-6-10-9(8-4-5-8)2-1-3-11(10)12/h1-5,10-15,21H,6-9H2,(H,24,25,27);1-3,8,12H,4-7,13H2. The molecule has 8 rings (SSSR count). The van der Waals surface area contributed by atoms with Gasteiger partial charge >= 0.3 is 0 Å². The number of anilines is 1. The van der Waals surface area contributed by atoms with Gasteiger partial charge in [0.05, 0.1) is 6.04 Å². The lowest BCUT2D eigenvalue weighted by molar-refractivity contribution is 0.102. The van der Waals surface area contributed by atoms with Gasteiger partial charge in [-0.15, -0.1) is 0 Å². The summed E-state index contributed by atoms with van der Waals surface area (Å²) in [6, 6.07) is 20.2. The van der Waals surface area contributed by atoms with Crippen molar-refractivity contribution in [1.82, 2.24) is 9.55 Å². The van der Waals surface area contributed by atoms with Crippen LogP contribution < -0.4 is 16.6 Å². The van der Waals surface area contributed by atoms with Crippen molar-refractivity contribution in [2.45, 2.75) is 75.3 Å². The zero-order valence-electron chi connectivity index (χ0n) is 23.3. The molecule has 4 aromatic rings. The van der Waals surface area contributed by atoms with Gasteiger partial charge in [0, 0.05) is 30.3 Å². The van der Waals surface area contributed by atoms with Gasteiger partial charge in [-0.3, -0.25) is 14.6 Å². The van der Waals surface area contributed by atoms with Gasteiger partial charge in [0.2, 0.25) is 0 Å². The van der Waals surface area contributed by atoms with E-state index in [0.29, 0.717) is 17.6 Å². The zero-order chi connectivity index (χ0) is 27.9. The molecule has 2 atom stereocenters. The molecule has 41 heavy (non-hydrogen) atoms. The second kappa shape index (κ2) is 10.7. The molecule has 2 saturated carbocycles. The molecule has 2 unspecified atom stereocenters. The molecule has 6 heteroatoms. The van der Waals surface area contributed by atoms with Crippen LogP contribution in [0, 0.1) is 0 Å². The minimum Gasteiger partial charge on any atom is -0.324 e. The maximum Gasteiger partial charge on any atom is 0.263 e. The van der Waals surface area contributed by atoms with Crippen LogP contribution in [0.1, 0.15) is 106 Å². The number of pyridine rings is 2. The largest absolute Gasteiger partial charge is 0.324 e. The van der Waals surface area contributed by atoms with Crippen molar-refractivity contribution in [2.75, 3.05) is 5.32 Å². The van der Waals surface area contributed by atoms with Gasteiger partial charge in [-0.2, -0.15) is 0 Å². The number of fused-ring (bicyclic) bond motifs is 2. The minimum atomic E-state index is -0.393. The van der Waals surface area contributed by atoms with E-state index < -0.39 is 5.91 Å². The fourth-order valence-electron chi connectivity index (χ4n) is 6.78. The van der Waals surface area contributed by atoms with E-state index in [1.54, 1.807) is 58.6 Å². The molecule has 0 radical (unpaired) electrons. The second-order valence-electron chi connectivity index (χ2n) is 11.9. The van der Waals surface area contributed by atoms with E-state index >= 15 is 0 Å². The van der Waals surface area contributed by atoms with Crippen LogP contribution in [0.4, 0.5) is 5.69 Å². The molecule has 2 aromatic carbocycles. The average molecular weight is 545 g/mol. The number of hydrogen-bond acceptors (Lipinski definition) is 4.